The molecule has 0 saturated carbocycles. The molecule has 6 heteroatoms. The van der Waals surface area contributed by atoms with Crippen molar-refractivity contribution < 1.29 is 14.3 Å². The first-order valence-electron chi connectivity index (χ1n) is 5.03. The Balaban J connectivity index is 2.10. The van der Waals surface area contributed by atoms with E-state index in [0.29, 0.717) is 26.2 Å². The van der Waals surface area contributed by atoms with Gasteiger partial charge in [0.05, 0.1) is 25.3 Å². The molecule has 84 valence electrons. The number of hydrogen-bond donors (Lipinski definition) is 1. The van der Waals surface area contributed by atoms with Gasteiger partial charge in [-0.05, 0) is 0 Å². The number of carbonyl (C=O) groups excluding carboxylic acids is 2. The summed E-state index contributed by atoms with van der Waals surface area (Å²) in [6.07, 6.45) is -0.0739. The van der Waals surface area contributed by atoms with Crippen molar-refractivity contribution in [2.75, 3.05) is 26.2 Å². The van der Waals surface area contributed by atoms with E-state index in [1.807, 2.05) is 0 Å². The third-order valence-electron chi connectivity index (χ3n) is 3.02. The molecule has 0 aromatic carbocycles. The Kier molecular flexibility index (Phi) is 2.52. The Hall–Kier alpha value is -1.30. The molecule has 2 aliphatic heterocycles. The molecule has 0 bridgehead atoms. The number of likely N-dealkylation sites (tertiary alicyclic amines) is 1. The maximum absolute atomic E-state index is 11.4. The monoisotopic (exact) mass is 213 g/mol. The molecule has 2 atom stereocenters. The summed E-state index contributed by atoms with van der Waals surface area (Å²) in [5, 5.41) is 0. The molecule has 0 aromatic rings. The van der Waals surface area contributed by atoms with E-state index in [0.717, 1.165) is 0 Å². The van der Waals surface area contributed by atoms with Crippen LogP contribution in [0.15, 0.2) is 0 Å². The van der Waals surface area contributed by atoms with Crippen LogP contribution >= 0.6 is 0 Å². The summed E-state index contributed by atoms with van der Waals surface area (Å²) in [6.45, 7) is 3.65. The standard InChI is InChI=1S/C9H15N3O3/c1-6(13)12-2-3-15-8-5-11(9(10)14)4-7(8)12/h7-8H,2-5H2,1H3,(H2,10,14). The fourth-order valence-corrected chi connectivity index (χ4v) is 2.26. The van der Waals surface area contributed by atoms with Gasteiger partial charge in [0.2, 0.25) is 5.91 Å². The number of nitrogens with two attached hydrogens (primary N) is 1. The van der Waals surface area contributed by atoms with Crippen LogP contribution in [-0.2, 0) is 9.53 Å². The van der Waals surface area contributed by atoms with Crippen molar-refractivity contribution >= 4 is 11.9 Å². The third-order valence-corrected chi connectivity index (χ3v) is 3.02. The zero-order valence-electron chi connectivity index (χ0n) is 8.68. The van der Waals surface area contributed by atoms with E-state index in [2.05, 4.69) is 0 Å². The molecule has 0 radical (unpaired) electrons. The molecule has 2 N–H and O–H groups in total. The highest BCUT2D eigenvalue weighted by molar-refractivity contribution is 5.75. The number of morpholine rings is 1. The minimum Gasteiger partial charge on any atom is -0.372 e. The first-order chi connectivity index (χ1) is 7.09. The minimum atomic E-state index is -0.448. The lowest BCUT2D eigenvalue weighted by atomic mass is 10.1. The lowest BCUT2D eigenvalue weighted by molar-refractivity contribution is -0.140. The smallest absolute Gasteiger partial charge is 0.314 e. The molecule has 2 fully saturated rings. The molecule has 0 aromatic heterocycles. The molecule has 0 aliphatic carbocycles. The maximum Gasteiger partial charge on any atom is 0.314 e. The number of amides is 3. The number of carbonyl (C=O) groups is 2. The van der Waals surface area contributed by atoms with E-state index in [4.69, 9.17) is 10.5 Å². The fraction of sp³-hybridized carbons (Fsp3) is 0.778. The van der Waals surface area contributed by atoms with Gasteiger partial charge in [-0.15, -0.1) is 0 Å². The second-order valence-corrected chi connectivity index (χ2v) is 3.93. The van der Waals surface area contributed by atoms with E-state index in [1.54, 1.807) is 4.90 Å². The van der Waals surface area contributed by atoms with E-state index >= 15 is 0 Å². The highest BCUT2D eigenvalue weighted by Gasteiger charge is 2.42. The van der Waals surface area contributed by atoms with Crippen LogP contribution in [0.2, 0.25) is 0 Å². The van der Waals surface area contributed by atoms with Crippen molar-refractivity contribution in [3.05, 3.63) is 0 Å². The van der Waals surface area contributed by atoms with Crippen LogP contribution in [0.3, 0.4) is 0 Å². The van der Waals surface area contributed by atoms with E-state index < -0.39 is 6.03 Å². The molecular weight excluding hydrogens is 198 g/mol. The zero-order valence-corrected chi connectivity index (χ0v) is 8.68. The number of urea groups is 1. The summed E-state index contributed by atoms with van der Waals surface area (Å²) in [4.78, 5) is 25.6. The molecule has 2 saturated heterocycles. The van der Waals surface area contributed by atoms with Crippen LogP contribution in [0.5, 0.6) is 0 Å². The number of rotatable bonds is 0. The van der Waals surface area contributed by atoms with Crippen LogP contribution < -0.4 is 5.73 Å². The van der Waals surface area contributed by atoms with Crippen molar-refractivity contribution in [1.82, 2.24) is 9.80 Å². The number of ether oxygens (including phenoxy) is 1. The molecule has 0 spiro atoms. The normalized spacial score (nSPS) is 30.2. The first kappa shape index (κ1) is 10.2. The Morgan fingerprint density at radius 3 is 2.73 bits per heavy atom. The van der Waals surface area contributed by atoms with Crippen LogP contribution in [0, 0.1) is 0 Å². The van der Waals surface area contributed by atoms with Gasteiger partial charge in [0.25, 0.3) is 0 Å². The van der Waals surface area contributed by atoms with Gasteiger partial charge in [-0.25, -0.2) is 4.79 Å². The lowest BCUT2D eigenvalue weighted by Gasteiger charge is -2.35. The van der Waals surface area contributed by atoms with Gasteiger partial charge in [-0.2, -0.15) is 0 Å². The number of hydrogen-bond acceptors (Lipinski definition) is 3. The minimum absolute atomic E-state index is 0.0243. The van der Waals surface area contributed by atoms with Gasteiger partial charge in [0, 0.05) is 20.0 Å². The quantitative estimate of drug-likeness (QED) is 0.560. The van der Waals surface area contributed by atoms with Crippen molar-refractivity contribution in [2.24, 2.45) is 5.73 Å². The third kappa shape index (κ3) is 1.77. The predicted molar refractivity (Wildman–Crippen MR) is 52.1 cm³/mol. The summed E-state index contributed by atoms with van der Waals surface area (Å²) in [7, 11) is 0. The Morgan fingerprint density at radius 1 is 1.40 bits per heavy atom. The van der Waals surface area contributed by atoms with E-state index in [9.17, 15) is 9.59 Å². The van der Waals surface area contributed by atoms with Gasteiger partial charge in [-0.3, -0.25) is 4.79 Å². The second kappa shape index (κ2) is 3.69. The van der Waals surface area contributed by atoms with Crippen LogP contribution in [0.25, 0.3) is 0 Å². The van der Waals surface area contributed by atoms with Gasteiger partial charge in [0.15, 0.2) is 0 Å². The second-order valence-electron chi connectivity index (χ2n) is 3.93. The Bertz CT molecular complexity index is 294. The van der Waals surface area contributed by atoms with Crippen LogP contribution in [-0.4, -0.2) is 60.1 Å². The molecule has 2 heterocycles. The summed E-state index contributed by atoms with van der Waals surface area (Å²) in [5.41, 5.74) is 5.20. The van der Waals surface area contributed by atoms with Gasteiger partial charge < -0.3 is 20.3 Å². The molecule has 2 aliphatic rings. The van der Waals surface area contributed by atoms with Gasteiger partial charge in [0.1, 0.15) is 0 Å². The first-order valence-corrected chi connectivity index (χ1v) is 5.03. The molecule has 15 heavy (non-hydrogen) atoms. The molecule has 2 rings (SSSR count). The van der Waals surface area contributed by atoms with Gasteiger partial charge in [-0.1, -0.05) is 0 Å². The van der Waals surface area contributed by atoms with E-state index in [1.165, 1.54) is 11.8 Å². The zero-order chi connectivity index (χ0) is 11.0. The average molecular weight is 213 g/mol. The Morgan fingerprint density at radius 2 is 2.13 bits per heavy atom. The lowest BCUT2D eigenvalue weighted by Crippen LogP contribution is -2.52. The van der Waals surface area contributed by atoms with Crippen molar-refractivity contribution in [3.63, 3.8) is 0 Å². The number of nitrogens with zero attached hydrogens (tertiary/aromatic N) is 2. The van der Waals surface area contributed by atoms with Crippen molar-refractivity contribution in [1.29, 1.82) is 0 Å². The number of fused-ring (bicyclic) bond motifs is 1. The fourth-order valence-electron chi connectivity index (χ4n) is 2.26. The SMILES string of the molecule is CC(=O)N1CCOC2CN(C(N)=O)CC21. The summed E-state index contributed by atoms with van der Waals surface area (Å²) < 4.78 is 5.52. The Labute approximate surface area is 87.9 Å². The maximum atomic E-state index is 11.4. The summed E-state index contributed by atoms with van der Waals surface area (Å²) in [6, 6.07) is -0.472. The molecule has 2 unspecified atom stereocenters. The van der Waals surface area contributed by atoms with Gasteiger partial charge >= 0.3 is 6.03 Å². The average Bonchev–Trinajstić information content (AvgIpc) is 2.60. The molecule has 3 amide bonds. The number of primary amides is 1. The highest BCUT2D eigenvalue weighted by Crippen LogP contribution is 2.22. The summed E-state index contributed by atoms with van der Waals surface area (Å²) >= 11 is 0. The predicted octanol–water partition coefficient (Wildman–Crippen LogP) is -1.00. The van der Waals surface area contributed by atoms with Crippen molar-refractivity contribution in [2.45, 2.75) is 19.1 Å². The largest absolute Gasteiger partial charge is 0.372 e. The molecular formula is C9H15N3O3. The van der Waals surface area contributed by atoms with E-state index in [-0.39, 0.29) is 18.1 Å². The van der Waals surface area contributed by atoms with Crippen LogP contribution in [0.4, 0.5) is 4.79 Å². The summed E-state index contributed by atoms with van der Waals surface area (Å²) in [5.74, 6) is 0.0274. The highest BCUT2D eigenvalue weighted by atomic mass is 16.5. The van der Waals surface area contributed by atoms with Crippen LogP contribution in [0.1, 0.15) is 6.92 Å². The van der Waals surface area contributed by atoms with Crippen molar-refractivity contribution in [3.8, 4) is 0 Å². The molecule has 6 nitrogen and oxygen atoms in total. The topological polar surface area (TPSA) is 75.9 Å².